The summed E-state index contributed by atoms with van der Waals surface area (Å²) >= 11 is 1.54. The molecule has 1 aromatic carbocycles. The maximum atomic E-state index is 12.0. The zero-order chi connectivity index (χ0) is 15.2. The standard InChI is InChI=1S/C14H15N3O3S/c1-2-15-12-6-5-10(8-13(12)17(19)20)14(18)16-9-11-4-3-7-21-11/h3-8,15H,2,9H2,1H3,(H,16,18). The molecule has 1 amide bonds. The summed E-state index contributed by atoms with van der Waals surface area (Å²) in [4.78, 5) is 23.6. The minimum absolute atomic E-state index is 0.0966. The number of carbonyl (C=O) groups excluding carboxylic acids is 1. The quantitative estimate of drug-likeness (QED) is 0.634. The molecule has 0 unspecified atom stereocenters. The average Bonchev–Trinajstić information content (AvgIpc) is 2.98. The molecule has 0 aliphatic carbocycles. The minimum atomic E-state index is -0.492. The Labute approximate surface area is 126 Å². The summed E-state index contributed by atoms with van der Waals surface area (Å²) in [5.74, 6) is -0.324. The van der Waals surface area contributed by atoms with Crippen LogP contribution >= 0.6 is 11.3 Å². The van der Waals surface area contributed by atoms with Gasteiger partial charge in [-0.2, -0.15) is 0 Å². The largest absolute Gasteiger partial charge is 0.380 e. The highest BCUT2D eigenvalue weighted by Gasteiger charge is 2.17. The molecular weight excluding hydrogens is 290 g/mol. The molecule has 0 bridgehead atoms. The maximum Gasteiger partial charge on any atom is 0.293 e. The summed E-state index contributed by atoms with van der Waals surface area (Å²) in [5, 5.41) is 18.6. The van der Waals surface area contributed by atoms with E-state index in [0.29, 0.717) is 18.8 Å². The average molecular weight is 305 g/mol. The molecule has 2 rings (SSSR count). The van der Waals surface area contributed by atoms with E-state index in [2.05, 4.69) is 10.6 Å². The fraction of sp³-hybridized carbons (Fsp3) is 0.214. The highest BCUT2D eigenvalue weighted by atomic mass is 32.1. The molecule has 2 N–H and O–H groups in total. The van der Waals surface area contributed by atoms with Gasteiger partial charge in [0.1, 0.15) is 5.69 Å². The number of anilines is 1. The van der Waals surface area contributed by atoms with Gasteiger partial charge >= 0.3 is 0 Å². The lowest BCUT2D eigenvalue weighted by atomic mass is 10.1. The van der Waals surface area contributed by atoms with Crippen molar-refractivity contribution in [1.29, 1.82) is 0 Å². The van der Waals surface area contributed by atoms with E-state index in [1.54, 1.807) is 23.5 Å². The first-order valence-electron chi connectivity index (χ1n) is 6.44. The molecule has 0 saturated carbocycles. The molecule has 0 saturated heterocycles. The van der Waals surface area contributed by atoms with Crippen molar-refractivity contribution >= 4 is 28.6 Å². The predicted octanol–water partition coefficient (Wildman–Crippen LogP) is 3.02. The second-order valence-corrected chi connectivity index (χ2v) is 5.31. The van der Waals surface area contributed by atoms with E-state index in [4.69, 9.17) is 0 Å². The van der Waals surface area contributed by atoms with Gasteiger partial charge in [-0.1, -0.05) is 6.07 Å². The SMILES string of the molecule is CCNc1ccc(C(=O)NCc2cccs2)cc1[N+](=O)[O-]. The lowest BCUT2D eigenvalue weighted by Gasteiger charge is -2.07. The number of nitro benzene ring substituents is 1. The van der Waals surface area contributed by atoms with Crippen molar-refractivity contribution in [2.45, 2.75) is 13.5 Å². The third-order valence-corrected chi connectivity index (χ3v) is 3.70. The molecule has 0 aliphatic heterocycles. The van der Waals surface area contributed by atoms with Crippen molar-refractivity contribution < 1.29 is 9.72 Å². The number of carbonyl (C=O) groups is 1. The van der Waals surface area contributed by atoms with Crippen LogP contribution in [0.1, 0.15) is 22.2 Å². The van der Waals surface area contributed by atoms with Crippen LogP contribution in [0.2, 0.25) is 0 Å². The molecule has 21 heavy (non-hydrogen) atoms. The van der Waals surface area contributed by atoms with Crippen LogP contribution < -0.4 is 10.6 Å². The number of rotatable bonds is 6. The molecule has 1 aromatic heterocycles. The molecule has 0 aliphatic rings. The van der Waals surface area contributed by atoms with Gasteiger partial charge in [0.2, 0.25) is 0 Å². The zero-order valence-corrected chi connectivity index (χ0v) is 12.3. The predicted molar refractivity (Wildman–Crippen MR) is 82.7 cm³/mol. The van der Waals surface area contributed by atoms with Gasteiger partial charge in [-0.15, -0.1) is 11.3 Å². The molecule has 0 radical (unpaired) electrons. The Balaban J connectivity index is 2.13. The van der Waals surface area contributed by atoms with E-state index in [1.807, 2.05) is 24.4 Å². The van der Waals surface area contributed by atoms with Crippen LogP contribution in [0.3, 0.4) is 0 Å². The van der Waals surface area contributed by atoms with Crippen LogP contribution in [-0.4, -0.2) is 17.4 Å². The Bertz CT molecular complexity index is 641. The molecule has 0 spiro atoms. The van der Waals surface area contributed by atoms with Crippen molar-refractivity contribution in [3.8, 4) is 0 Å². The Morgan fingerprint density at radius 1 is 1.38 bits per heavy atom. The van der Waals surface area contributed by atoms with E-state index in [9.17, 15) is 14.9 Å². The van der Waals surface area contributed by atoms with Crippen LogP contribution in [0.5, 0.6) is 0 Å². The van der Waals surface area contributed by atoms with Gasteiger partial charge in [0.05, 0.1) is 11.5 Å². The second-order valence-electron chi connectivity index (χ2n) is 4.28. The van der Waals surface area contributed by atoms with Gasteiger partial charge in [-0.25, -0.2) is 0 Å². The van der Waals surface area contributed by atoms with Crippen molar-refractivity contribution in [3.63, 3.8) is 0 Å². The number of thiophene rings is 1. The van der Waals surface area contributed by atoms with Gasteiger partial charge in [0.15, 0.2) is 0 Å². The summed E-state index contributed by atoms with van der Waals surface area (Å²) < 4.78 is 0. The Morgan fingerprint density at radius 3 is 2.81 bits per heavy atom. The highest BCUT2D eigenvalue weighted by Crippen LogP contribution is 2.25. The van der Waals surface area contributed by atoms with Crippen LogP contribution in [0.25, 0.3) is 0 Å². The van der Waals surface area contributed by atoms with E-state index in [0.717, 1.165) is 4.88 Å². The summed E-state index contributed by atoms with van der Waals surface area (Å²) in [6, 6.07) is 8.25. The Morgan fingerprint density at radius 2 is 2.19 bits per heavy atom. The molecular formula is C14H15N3O3S. The van der Waals surface area contributed by atoms with E-state index in [-0.39, 0.29) is 17.2 Å². The maximum absolute atomic E-state index is 12.0. The van der Waals surface area contributed by atoms with E-state index < -0.39 is 4.92 Å². The van der Waals surface area contributed by atoms with Crippen LogP contribution in [-0.2, 0) is 6.54 Å². The monoisotopic (exact) mass is 305 g/mol. The number of amides is 1. The fourth-order valence-electron chi connectivity index (χ4n) is 1.85. The number of hydrogen-bond acceptors (Lipinski definition) is 5. The van der Waals surface area contributed by atoms with Gasteiger partial charge in [-0.05, 0) is 30.5 Å². The summed E-state index contributed by atoms with van der Waals surface area (Å²) in [5.41, 5.74) is 0.595. The molecule has 6 nitrogen and oxygen atoms in total. The van der Waals surface area contributed by atoms with E-state index in [1.165, 1.54) is 6.07 Å². The van der Waals surface area contributed by atoms with Crippen LogP contribution in [0.15, 0.2) is 35.7 Å². The van der Waals surface area contributed by atoms with Crippen molar-refractivity contribution in [2.75, 3.05) is 11.9 Å². The Kier molecular flexibility index (Phi) is 4.89. The molecule has 2 aromatic rings. The topological polar surface area (TPSA) is 84.3 Å². The number of nitrogens with one attached hydrogen (secondary N) is 2. The fourth-order valence-corrected chi connectivity index (χ4v) is 2.49. The number of hydrogen-bond donors (Lipinski definition) is 2. The van der Waals surface area contributed by atoms with Gasteiger partial charge in [-0.3, -0.25) is 14.9 Å². The lowest BCUT2D eigenvalue weighted by molar-refractivity contribution is -0.384. The van der Waals surface area contributed by atoms with Crippen molar-refractivity contribution in [2.24, 2.45) is 0 Å². The van der Waals surface area contributed by atoms with Gasteiger partial charge in [0, 0.05) is 23.1 Å². The molecule has 0 fully saturated rings. The summed E-state index contributed by atoms with van der Waals surface area (Å²) in [6.45, 7) is 2.84. The number of benzene rings is 1. The van der Waals surface area contributed by atoms with Crippen LogP contribution in [0.4, 0.5) is 11.4 Å². The third kappa shape index (κ3) is 3.79. The minimum Gasteiger partial charge on any atom is -0.380 e. The number of nitro groups is 1. The second kappa shape index (κ2) is 6.85. The summed E-state index contributed by atoms with van der Waals surface area (Å²) in [6.07, 6.45) is 0. The molecule has 110 valence electrons. The molecule has 0 atom stereocenters. The zero-order valence-electron chi connectivity index (χ0n) is 11.5. The first-order chi connectivity index (χ1) is 10.1. The van der Waals surface area contributed by atoms with Gasteiger partial charge < -0.3 is 10.6 Å². The summed E-state index contributed by atoms with van der Waals surface area (Å²) in [7, 11) is 0. The van der Waals surface area contributed by atoms with Crippen molar-refractivity contribution in [1.82, 2.24) is 5.32 Å². The van der Waals surface area contributed by atoms with Crippen molar-refractivity contribution in [3.05, 3.63) is 56.3 Å². The normalized spacial score (nSPS) is 10.1. The number of nitrogens with zero attached hydrogens (tertiary/aromatic N) is 1. The highest BCUT2D eigenvalue weighted by molar-refractivity contribution is 7.09. The smallest absolute Gasteiger partial charge is 0.293 e. The third-order valence-electron chi connectivity index (χ3n) is 2.83. The van der Waals surface area contributed by atoms with E-state index >= 15 is 0 Å². The molecule has 7 heteroatoms. The van der Waals surface area contributed by atoms with Gasteiger partial charge in [0.25, 0.3) is 11.6 Å². The first-order valence-corrected chi connectivity index (χ1v) is 7.32. The lowest BCUT2D eigenvalue weighted by Crippen LogP contribution is -2.22. The first kappa shape index (κ1) is 15.0. The molecule has 1 heterocycles. The Hall–Kier alpha value is -2.41. The van der Waals surface area contributed by atoms with Crippen LogP contribution in [0, 0.1) is 10.1 Å².